The van der Waals surface area contributed by atoms with Gasteiger partial charge in [0.1, 0.15) is 18.3 Å². The van der Waals surface area contributed by atoms with Crippen molar-refractivity contribution >= 4 is 17.9 Å². The van der Waals surface area contributed by atoms with Crippen molar-refractivity contribution in [2.24, 2.45) is 23.7 Å². The van der Waals surface area contributed by atoms with E-state index < -0.39 is 18.3 Å². The van der Waals surface area contributed by atoms with Crippen LogP contribution in [0.3, 0.4) is 0 Å². The molecule has 0 aromatic rings. The monoisotopic (exact) mass is 348 g/mol. The van der Waals surface area contributed by atoms with Gasteiger partial charge >= 0.3 is 17.9 Å². The standard InChI is InChI=1S/C19H24O6/c1-8-6-15(24-12(5)21)17-10(3)19(22)25-18(17)16-9(2)14(7-13(8)16)23-11(4)20/h10,13-18H,1-2,6-7H2,3-5H3/t10-,13-,14-,15-,16-,17+,18+/m0/s1. The second-order valence-corrected chi connectivity index (χ2v) is 7.32. The molecule has 0 unspecified atom stereocenters. The van der Waals surface area contributed by atoms with Crippen LogP contribution in [0.5, 0.6) is 0 Å². The number of hydrogen-bond donors (Lipinski definition) is 0. The van der Waals surface area contributed by atoms with Gasteiger partial charge in [0.05, 0.1) is 5.92 Å². The van der Waals surface area contributed by atoms with Gasteiger partial charge in [0.2, 0.25) is 0 Å². The maximum atomic E-state index is 12.2. The van der Waals surface area contributed by atoms with Gasteiger partial charge in [-0.15, -0.1) is 0 Å². The van der Waals surface area contributed by atoms with Crippen LogP contribution in [0.25, 0.3) is 0 Å². The van der Waals surface area contributed by atoms with E-state index in [9.17, 15) is 14.4 Å². The Morgan fingerprint density at radius 3 is 2.40 bits per heavy atom. The summed E-state index contributed by atoms with van der Waals surface area (Å²) in [7, 11) is 0. The summed E-state index contributed by atoms with van der Waals surface area (Å²) >= 11 is 0. The summed E-state index contributed by atoms with van der Waals surface area (Å²) in [5.74, 6) is -1.84. The van der Waals surface area contributed by atoms with E-state index in [1.54, 1.807) is 6.92 Å². The van der Waals surface area contributed by atoms with Crippen LogP contribution in [0, 0.1) is 23.7 Å². The quantitative estimate of drug-likeness (QED) is 0.432. The number of ether oxygens (including phenoxy) is 3. The SMILES string of the molecule is C=C1[C@@H]2[C@H]3OC(=O)[C@@H](C)[C@@H]3[C@@H](OC(C)=O)CC(=C)[C@@H]2C[C@@H]1OC(C)=O. The van der Waals surface area contributed by atoms with E-state index >= 15 is 0 Å². The van der Waals surface area contributed by atoms with E-state index in [4.69, 9.17) is 14.2 Å². The minimum absolute atomic E-state index is 0.0111. The van der Waals surface area contributed by atoms with Crippen molar-refractivity contribution in [3.05, 3.63) is 24.3 Å². The molecule has 1 heterocycles. The highest BCUT2D eigenvalue weighted by Gasteiger charge is 2.58. The summed E-state index contributed by atoms with van der Waals surface area (Å²) in [4.78, 5) is 35.1. The number of hydrogen-bond acceptors (Lipinski definition) is 6. The van der Waals surface area contributed by atoms with Crippen molar-refractivity contribution in [1.82, 2.24) is 0 Å². The average Bonchev–Trinajstić information content (AvgIpc) is 2.92. The van der Waals surface area contributed by atoms with Crippen LogP contribution in [0.4, 0.5) is 0 Å². The molecule has 25 heavy (non-hydrogen) atoms. The first-order valence-corrected chi connectivity index (χ1v) is 8.62. The van der Waals surface area contributed by atoms with Crippen molar-refractivity contribution < 1.29 is 28.6 Å². The van der Waals surface area contributed by atoms with Crippen LogP contribution in [0.2, 0.25) is 0 Å². The molecule has 3 fully saturated rings. The molecule has 0 aromatic heterocycles. The zero-order valence-electron chi connectivity index (χ0n) is 14.8. The smallest absolute Gasteiger partial charge is 0.309 e. The summed E-state index contributed by atoms with van der Waals surface area (Å²) in [5.41, 5.74) is 1.67. The molecule has 7 atom stereocenters. The molecule has 1 aliphatic heterocycles. The highest BCUT2D eigenvalue weighted by atomic mass is 16.6. The zero-order chi connectivity index (χ0) is 18.5. The van der Waals surface area contributed by atoms with E-state index in [0.717, 1.165) is 11.1 Å². The van der Waals surface area contributed by atoms with E-state index in [-0.39, 0.29) is 41.6 Å². The number of carbonyl (C=O) groups excluding carboxylic acids is 3. The molecule has 6 heteroatoms. The van der Waals surface area contributed by atoms with Crippen LogP contribution < -0.4 is 0 Å². The molecule has 3 aliphatic rings. The number of fused-ring (bicyclic) bond motifs is 3. The van der Waals surface area contributed by atoms with Crippen LogP contribution in [-0.4, -0.2) is 36.2 Å². The van der Waals surface area contributed by atoms with Crippen molar-refractivity contribution in [2.45, 2.75) is 51.9 Å². The van der Waals surface area contributed by atoms with Crippen molar-refractivity contribution in [3.8, 4) is 0 Å². The number of esters is 3. The first kappa shape index (κ1) is 17.7. The summed E-state index contributed by atoms with van der Waals surface area (Å²) in [6, 6.07) is 0. The number of rotatable bonds is 2. The first-order valence-electron chi connectivity index (χ1n) is 8.62. The third-order valence-corrected chi connectivity index (χ3v) is 5.72. The summed E-state index contributed by atoms with van der Waals surface area (Å²) in [6.07, 6.45) is -0.233. The third kappa shape index (κ3) is 2.98. The first-order chi connectivity index (χ1) is 11.7. The Bertz CT molecular complexity index is 650. The Labute approximate surface area is 147 Å². The second kappa shape index (κ2) is 6.32. The fraction of sp³-hybridized carbons (Fsp3) is 0.632. The highest BCUT2D eigenvalue weighted by Crippen LogP contribution is 2.53. The van der Waals surface area contributed by atoms with Gasteiger partial charge in [-0.25, -0.2) is 0 Å². The molecule has 0 aromatic carbocycles. The Morgan fingerprint density at radius 2 is 1.80 bits per heavy atom. The molecule has 0 bridgehead atoms. The molecule has 0 spiro atoms. The predicted octanol–water partition coefficient (Wildman–Crippen LogP) is 2.18. The highest BCUT2D eigenvalue weighted by molar-refractivity contribution is 5.75. The molecular weight excluding hydrogens is 324 g/mol. The van der Waals surface area contributed by atoms with Gasteiger partial charge in [0, 0.05) is 32.1 Å². The normalized spacial score (nSPS) is 40.0. The molecule has 2 saturated carbocycles. The van der Waals surface area contributed by atoms with Gasteiger partial charge in [-0.2, -0.15) is 0 Å². The average molecular weight is 348 g/mol. The van der Waals surface area contributed by atoms with Crippen LogP contribution in [0.15, 0.2) is 24.3 Å². The van der Waals surface area contributed by atoms with Crippen LogP contribution in [-0.2, 0) is 28.6 Å². The van der Waals surface area contributed by atoms with E-state index in [0.29, 0.717) is 12.8 Å². The van der Waals surface area contributed by atoms with Gasteiger partial charge in [-0.3, -0.25) is 14.4 Å². The fourth-order valence-electron chi connectivity index (χ4n) is 4.67. The van der Waals surface area contributed by atoms with Crippen molar-refractivity contribution in [2.75, 3.05) is 0 Å². The topological polar surface area (TPSA) is 78.9 Å². The number of carbonyl (C=O) groups is 3. The lowest BCUT2D eigenvalue weighted by Gasteiger charge is -2.29. The van der Waals surface area contributed by atoms with Crippen LogP contribution >= 0.6 is 0 Å². The van der Waals surface area contributed by atoms with E-state index in [1.165, 1.54) is 13.8 Å². The maximum Gasteiger partial charge on any atom is 0.309 e. The van der Waals surface area contributed by atoms with Gasteiger partial charge in [0.15, 0.2) is 0 Å². The molecule has 136 valence electrons. The third-order valence-electron chi connectivity index (χ3n) is 5.72. The molecule has 3 rings (SSSR count). The van der Waals surface area contributed by atoms with E-state index in [1.807, 2.05) is 0 Å². The summed E-state index contributed by atoms with van der Waals surface area (Å²) in [5, 5.41) is 0. The summed E-state index contributed by atoms with van der Waals surface area (Å²) in [6.45, 7) is 12.8. The van der Waals surface area contributed by atoms with Gasteiger partial charge < -0.3 is 14.2 Å². The molecule has 2 aliphatic carbocycles. The lowest BCUT2D eigenvalue weighted by molar-refractivity contribution is -0.151. The van der Waals surface area contributed by atoms with Crippen molar-refractivity contribution in [1.29, 1.82) is 0 Å². The Balaban J connectivity index is 1.96. The predicted molar refractivity (Wildman–Crippen MR) is 88.1 cm³/mol. The van der Waals surface area contributed by atoms with Crippen molar-refractivity contribution in [3.63, 3.8) is 0 Å². The fourth-order valence-corrected chi connectivity index (χ4v) is 4.67. The van der Waals surface area contributed by atoms with Gasteiger partial charge in [-0.1, -0.05) is 25.7 Å². The zero-order valence-corrected chi connectivity index (χ0v) is 14.8. The minimum Gasteiger partial charge on any atom is -0.462 e. The van der Waals surface area contributed by atoms with Crippen LogP contribution in [0.1, 0.15) is 33.6 Å². The molecule has 0 N–H and O–H groups in total. The minimum atomic E-state index is -0.443. The Kier molecular flexibility index (Phi) is 4.47. The lowest BCUT2D eigenvalue weighted by atomic mass is 9.79. The largest absolute Gasteiger partial charge is 0.462 e. The summed E-state index contributed by atoms with van der Waals surface area (Å²) < 4.78 is 16.6. The van der Waals surface area contributed by atoms with E-state index in [2.05, 4.69) is 13.2 Å². The molecule has 1 saturated heterocycles. The molecule has 0 amide bonds. The van der Waals surface area contributed by atoms with Gasteiger partial charge in [0.25, 0.3) is 0 Å². The molecule has 6 nitrogen and oxygen atoms in total. The maximum absolute atomic E-state index is 12.2. The molecular formula is C19H24O6. The lowest BCUT2D eigenvalue weighted by Crippen LogP contribution is -2.37. The Hall–Kier alpha value is -2.11. The van der Waals surface area contributed by atoms with Gasteiger partial charge in [-0.05, 0) is 17.9 Å². The second-order valence-electron chi connectivity index (χ2n) is 7.32. The Morgan fingerprint density at radius 1 is 1.16 bits per heavy atom. The molecule has 0 radical (unpaired) electrons.